The highest BCUT2D eigenvalue weighted by molar-refractivity contribution is 5.95. The lowest BCUT2D eigenvalue weighted by atomic mass is 10.00. The largest absolute Gasteiger partial charge is 0.398 e. The number of anilines is 3. The molecule has 1 amide bonds. The molecule has 0 aromatic heterocycles. The number of para-hydroxylation sites is 1. The number of aryl methyl sites for hydroxylation is 1. The van der Waals surface area contributed by atoms with Crippen LogP contribution in [0.15, 0.2) is 42.5 Å². The van der Waals surface area contributed by atoms with Crippen molar-refractivity contribution >= 4 is 23.0 Å². The molecule has 23 heavy (non-hydrogen) atoms. The summed E-state index contributed by atoms with van der Waals surface area (Å²) in [6, 6.07) is 13.9. The van der Waals surface area contributed by atoms with Crippen LogP contribution in [0.3, 0.4) is 0 Å². The third-order valence-corrected chi connectivity index (χ3v) is 4.39. The quantitative estimate of drug-likeness (QED) is 0.853. The molecule has 0 saturated heterocycles. The fourth-order valence-corrected chi connectivity index (χ4v) is 3.21. The Bertz CT molecular complexity index is 712. The number of fused-ring (bicyclic) bond motifs is 1. The number of amides is 1. The van der Waals surface area contributed by atoms with Gasteiger partial charge in [0.2, 0.25) is 5.91 Å². The Hall–Kier alpha value is -2.49. The van der Waals surface area contributed by atoms with Gasteiger partial charge in [0.05, 0.1) is 6.54 Å². The number of nitrogens with zero attached hydrogens (tertiary/aromatic N) is 1. The van der Waals surface area contributed by atoms with Gasteiger partial charge in [0.25, 0.3) is 0 Å². The van der Waals surface area contributed by atoms with E-state index in [0.29, 0.717) is 6.54 Å². The molecule has 0 radical (unpaired) electrons. The second-order valence-corrected chi connectivity index (χ2v) is 5.93. The van der Waals surface area contributed by atoms with Crippen molar-refractivity contribution in [1.29, 1.82) is 0 Å². The number of carbonyl (C=O) groups excluding carboxylic acids is 1. The van der Waals surface area contributed by atoms with Crippen LogP contribution >= 0.6 is 0 Å². The summed E-state index contributed by atoms with van der Waals surface area (Å²) < 4.78 is 0. The monoisotopic (exact) mass is 309 g/mol. The molecule has 0 fully saturated rings. The van der Waals surface area contributed by atoms with Crippen LogP contribution in [-0.4, -0.2) is 19.0 Å². The van der Waals surface area contributed by atoms with Gasteiger partial charge in [-0.25, -0.2) is 0 Å². The van der Waals surface area contributed by atoms with Crippen molar-refractivity contribution in [3.05, 3.63) is 53.6 Å². The number of benzene rings is 2. The molecule has 4 heteroatoms. The molecular formula is C19H23N3O. The van der Waals surface area contributed by atoms with E-state index in [1.54, 1.807) is 0 Å². The molecule has 1 heterocycles. The second-order valence-electron chi connectivity index (χ2n) is 5.93. The zero-order valence-electron chi connectivity index (χ0n) is 13.5. The third-order valence-electron chi connectivity index (χ3n) is 4.39. The molecule has 2 aromatic rings. The van der Waals surface area contributed by atoms with Crippen LogP contribution in [0.1, 0.15) is 24.5 Å². The Morgan fingerprint density at radius 2 is 2.04 bits per heavy atom. The van der Waals surface area contributed by atoms with Gasteiger partial charge in [-0.05, 0) is 48.6 Å². The van der Waals surface area contributed by atoms with Crippen molar-refractivity contribution in [3.63, 3.8) is 0 Å². The van der Waals surface area contributed by atoms with E-state index < -0.39 is 0 Å². The number of hydrogen-bond acceptors (Lipinski definition) is 3. The minimum Gasteiger partial charge on any atom is -0.398 e. The van der Waals surface area contributed by atoms with Gasteiger partial charge in [0.15, 0.2) is 0 Å². The van der Waals surface area contributed by atoms with E-state index in [0.717, 1.165) is 48.4 Å². The van der Waals surface area contributed by atoms with Gasteiger partial charge in [-0.2, -0.15) is 0 Å². The Morgan fingerprint density at radius 1 is 1.22 bits per heavy atom. The Morgan fingerprint density at radius 3 is 2.87 bits per heavy atom. The van der Waals surface area contributed by atoms with E-state index >= 15 is 0 Å². The average Bonchev–Trinajstić information content (AvgIpc) is 2.56. The van der Waals surface area contributed by atoms with Crippen LogP contribution < -0.4 is 16.0 Å². The number of nitrogens with two attached hydrogens (primary N) is 1. The summed E-state index contributed by atoms with van der Waals surface area (Å²) >= 11 is 0. The first kappa shape index (κ1) is 15.4. The van der Waals surface area contributed by atoms with Crippen molar-refractivity contribution in [2.75, 3.05) is 29.0 Å². The SMILES string of the molecule is CCc1ccccc1NC(=O)CN1CCCc2c(N)cccc21. The number of nitrogen functional groups attached to an aromatic ring is 1. The Labute approximate surface area is 137 Å². The van der Waals surface area contributed by atoms with E-state index in [1.165, 1.54) is 5.56 Å². The average molecular weight is 309 g/mol. The zero-order chi connectivity index (χ0) is 16.2. The van der Waals surface area contributed by atoms with Crippen LogP contribution in [0.5, 0.6) is 0 Å². The molecule has 4 nitrogen and oxygen atoms in total. The summed E-state index contributed by atoms with van der Waals surface area (Å²) in [6.07, 6.45) is 2.92. The predicted octanol–water partition coefficient (Wildman–Crippen LogP) is 3.22. The van der Waals surface area contributed by atoms with Gasteiger partial charge in [0, 0.05) is 23.6 Å². The smallest absolute Gasteiger partial charge is 0.243 e. The molecular weight excluding hydrogens is 286 g/mol. The molecule has 3 N–H and O–H groups in total. The van der Waals surface area contributed by atoms with Crippen molar-refractivity contribution in [1.82, 2.24) is 0 Å². The molecule has 120 valence electrons. The standard InChI is InChI=1S/C19H23N3O/c1-2-14-7-3-4-10-17(14)21-19(23)13-22-12-6-8-15-16(20)9-5-11-18(15)22/h3-5,7,9-11H,2,6,8,12-13,20H2,1H3,(H,21,23). The number of nitrogens with one attached hydrogen (secondary N) is 1. The maximum atomic E-state index is 12.5. The van der Waals surface area contributed by atoms with Gasteiger partial charge in [0.1, 0.15) is 0 Å². The summed E-state index contributed by atoms with van der Waals surface area (Å²) in [6.45, 7) is 3.34. The van der Waals surface area contributed by atoms with E-state index in [2.05, 4.69) is 23.2 Å². The number of carbonyl (C=O) groups is 1. The Balaban J connectivity index is 1.73. The van der Waals surface area contributed by atoms with Crippen LogP contribution in [-0.2, 0) is 17.6 Å². The number of rotatable bonds is 4. The summed E-state index contributed by atoms with van der Waals surface area (Å²) in [4.78, 5) is 14.6. The van der Waals surface area contributed by atoms with Crippen LogP contribution in [0.25, 0.3) is 0 Å². The highest BCUT2D eigenvalue weighted by atomic mass is 16.2. The molecule has 3 rings (SSSR count). The van der Waals surface area contributed by atoms with E-state index in [-0.39, 0.29) is 5.91 Å². The van der Waals surface area contributed by atoms with Crippen molar-refractivity contribution in [2.24, 2.45) is 0 Å². The van der Waals surface area contributed by atoms with Gasteiger partial charge in [-0.15, -0.1) is 0 Å². The van der Waals surface area contributed by atoms with E-state index in [4.69, 9.17) is 5.73 Å². The van der Waals surface area contributed by atoms with Gasteiger partial charge in [-0.3, -0.25) is 4.79 Å². The molecule has 0 saturated carbocycles. The van der Waals surface area contributed by atoms with Crippen molar-refractivity contribution in [2.45, 2.75) is 26.2 Å². The molecule has 1 aliphatic heterocycles. The molecule has 0 spiro atoms. The van der Waals surface area contributed by atoms with Gasteiger partial charge in [-0.1, -0.05) is 31.2 Å². The molecule has 0 aliphatic carbocycles. The summed E-state index contributed by atoms with van der Waals surface area (Å²) in [7, 11) is 0. The van der Waals surface area contributed by atoms with E-state index in [1.807, 2.05) is 36.4 Å². The fourth-order valence-electron chi connectivity index (χ4n) is 3.21. The normalized spacial score (nSPS) is 13.5. The number of hydrogen-bond donors (Lipinski definition) is 2. The first-order chi connectivity index (χ1) is 11.2. The van der Waals surface area contributed by atoms with Crippen molar-refractivity contribution in [3.8, 4) is 0 Å². The maximum Gasteiger partial charge on any atom is 0.243 e. The highest BCUT2D eigenvalue weighted by Crippen LogP contribution is 2.31. The van der Waals surface area contributed by atoms with Crippen LogP contribution in [0.2, 0.25) is 0 Å². The third kappa shape index (κ3) is 3.31. The first-order valence-electron chi connectivity index (χ1n) is 8.19. The zero-order valence-corrected chi connectivity index (χ0v) is 13.5. The van der Waals surface area contributed by atoms with Gasteiger partial charge < -0.3 is 16.0 Å². The van der Waals surface area contributed by atoms with Crippen LogP contribution in [0.4, 0.5) is 17.1 Å². The summed E-state index contributed by atoms with van der Waals surface area (Å²) in [5, 5.41) is 3.04. The molecule has 0 unspecified atom stereocenters. The lowest BCUT2D eigenvalue weighted by molar-refractivity contribution is -0.115. The van der Waals surface area contributed by atoms with Crippen molar-refractivity contribution < 1.29 is 4.79 Å². The molecule has 0 bridgehead atoms. The van der Waals surface area contributed by atoms with Gasteiger partial charge >= 0.3 is 0 Å². The summed E-state index contributed by atoms with van der Waals surface area (Å²) in [5.74, 6) is 0.0150. The Kier molecular flexibility index (Phi) is 4.51. The van der Waals surface area contributed by atoms with Crippen LogP contribution in [0, 0.1) is 0 Å². The fraction of sp³-hybridized carbons (Fsp3) is 0.316. The second kappa shape index (κ2) is 6.73. The highest BCUT2D eigenvalue weighted by Gasteiger charge is 2.20. The minimum atomic E-state index is 0.0150. The summed E-state index contributed by atoms with van der Waals surface area (Å²) in [5.41, 5.74) is 11.2. The lowest BCUT2D eigenvalue weighted by Gasteiger charge is -2.31. The molecule has 1 aliphatic rings. The predicted molar refractivity (Wildman–Crippen MR) is 95.8 cm³/mol. The molecule has 0 atom stereocenters. The topological polar surface area (TPSA) is 58.4 Å². The molecule has 2 aromatic carbocycles. The minimum absolute atomic E-state index is 0.0150. The van der Waals surface area contributed by atoms with E-state index in [9.17, 15) is 4.79 Å². The lowest BCUT2D eigenvalue weighted by Crippen LogP contribution is -2.37. The maximum absolute atomic E-state index is 12.5. The first-order valence-corrected chi connectivity index (χ1v) is 8.19.